The molecule has 0 saturated carbocycles. The Morgan fingerprint density at radius 1 is 1.33 bits per heavy atom. The Bertz CT molecular complexity index is 390. The summed E-state index contributed by atoms with van der Waals surface area (Å²) >= 11 is 0. The molecule has 0 bridgehead atoms. The molecule has 0 radical (unpaired) electrons. The second kappa shape index (κ2) is 6.09. The summed E-state index contributed by atoms with van der Waals surface area (Å²) in [5, 5.41) is 0. The lowest BCUT2D eigenvalue weighted by Gasteiger charge is -2.15. The van der Waals surface area contributed by atoms with Gasteiger partial charge in [0.1, 0.15) is 5.75 Å². The lowest BCUT2D eigenvalue weighted by atomic mass is 10.00. The average Bonchev–Trinajstić information content (AvgIpc) is 2.26. The molecule has 0 fully saturated rings. The van der Waals surface area contributed by atoms with Crippen LogP contribution >= 0.6 is 0 Å². The van der Waals surface area contributed by atoms with E-state index in [0.29, 0.717) is 12.2 Å². The number of alkyl halides is 3. The fourth-order valence-electron chi connectivity index (χ4n) is 1.80. The van der Waals surface area contributed by atoms with Crippen molar-refractivity contribution < 1.29 is 17.9 Å². The number of ether oxygens (including phenoxy) is 1. The van der Waals surface area contributed by atoms with Crippen LogP contribution in [0.1, 0.15) is 24.0 Å². The minimum absolute atomic E-state index is 0.0689. The van der Waals surface area contributed by atoms with Gasteiger partial charge in [0.05, 0.1) is 7.11 Å². The van der Waals surface area contributed by atoms with Gasteiger partial charge in [-0.25, -0.2) is 0 Å². The SMILES string of the molecule is COc1ccc(C)cc1CC(N)CCC(F)(F)F. The van der Waals surface area contributed by atoms with E-state index in [1.807, 2.05) is 19.1 Å². The monoisotopic (exact) mass is 261 g/mol. The van der Waals surface area contributed by atoms with Crippen LogP contribution in [0.2, 0.25) is 0 Å². The molecule has 0 aliphatic rings. The Hall–Kier alpha value is -1.23. The summed E-state index contributed by atoms with van der Waals surface area (Å²) < 4.78 is 41.4. The van der Waals surface area contributed by atoms with Crippen molar-refractivity contribution >= 4 is 0 Å². The third kappa shape index (κ3) is 4.96. The molecule has 2 N–H and O–H groups in total. The van der Waals surface area contributed by atoms with Crippen molar-refractivity contribution in [2.45, 2.75) is 38.4 Å². The van der Waals surface area contributed by atoms with Crippen LogP contribution in [-0.2, 0) is 6.42 Å². The number of benzene rings is 1. The van der Waals surface area contributed by atoms with E-state index in [-0.39, 0.29) is 6.42 Å². The van der Waals surface area contributed by atoms with Crippen LogP contribution in [0.4, 0.5) is 13.2 Å². The zero-order valence-electron chi connectivity index (χ0n) is 10.6. The van der Waals surface area contributed by atoms with E-state index in [9.17, 15) is 13.2 Å². The van der Waals surface area contributed by atoms with Crippen LogP contribution in [-0.4, -0.2) is 19.3 Å². The highest BCUT2D eigenvalue weighted by molar-refractivity contribution is 5.37. The van der Waals surface area contributed by atoms with Crippen LogP contribution < -0.4 is 10.5 Å². The van der Waals surface area contributed by atoms with E-state index in [1.54, 1.807) is 6.07 Å². The predicted octanol–water partition coefficient (Wildman–Crippen LogP) is 3.22. The molecule has 0 aromatic heterocycles. The normalized spacial score (nSPS) is 13.4. The van der Waals surface area contributed by atoms with E-state index >= 15 is 0 Å². The quantitative estimate of drug-likeness (QED) is 0.883. The molecule has 2 nitrogen and oxygen atoms in total. The zero-order valence-corrected chi connectivity index (χ0v) is 10.6. The standard InChI is InChI=1S/C13H18F3NO/c1-9-3-4-12(18-2)10(7-9)8-11(17)5-6-13(14,15)16/h3-4,7,11H,5-6,8,17H2,1-2H3. The minimum atomic E-state index is -4.14. The number of aryl methyl sites for hydroxylation is 1. The number of rotatable bonds is 5. The molecule has 0 saturated heterocycles. The highest BCUT2D eigenvalue weighted by atomic mass is 19.4. The molecular formula is C13H18F3NO. The van der Waals surface area contributed by atoms with Crippen molar-refractivity contribution in [1.82, 2.24) is 0 Å². The van der Waals surface area contributed by atoms with Gasteiger partial charge in [0, 0.05) is 12.5 Å². The Balaban J connectivity index is 2.63. The van der Waals surface area contributed by atoms with Crippen molar-refractivity contribution in [3.63, 3.8) is 0 Å². The van der Waals surface area contributed by atoms with Gasteiger partial charge in [-0.2, -0.15) is 13.2 Å². The molecule has 1 aromatic rings. The Kier molecular flexibility index (Phi) is 5.02. The molecule has 1 aromatic carbocycles. The summed E-state index contributed by atoms with van der Waals surface area (Å²) in [6, 6.07) is 5.08. The topological polar surface area (TPSA) is 35.2 Å². The second-order valence-corrected chi connectivity index (χ2v) is 4.43. The lowest BCUT2D eigenvalue weighted by Crippen LogP contribution is -2.25. The first-order valence-electron chi connectivity index (χ1n) is 5.77. The van der Waals surface area contributed by atoms with Crippen LogP contribution in [0.25, 0.3) is 0 Å². The number of nitrogens with two attached hydrogens (primary N) is 1. The van der Waals surface area contributed by atoms with Gasteiger partial charge in [-0.05, 0) is 31.4 Å². The molecule has 1 atom stereocenters. The summed E-state index contributed by atoms with van der Waals surface area (Å²) in [6.45, 7) is 1.92. The second-order valence-electron chi connectivity index (χ2n) is 4.43. The van der Waals surface area contributed by atoms with Gasteiger partial charge in [-0.15, -0.1) is 0 Å². The van der Waals surface area contributed by atoms with Crippen LogP contribution in [0.15, 0.2) is 18.2 Å². The van der Waals surface area contributed by atoms with E-state index in [0.717, 1.165) is 11.1 Å². The van der Waals surface area contributed by atoms with Crippen molar-refractivity contribution in [3.05, 3.63) is 29.3 Å². The first-order chi connectivity index (χ1) is 8.31. The molecule has 18 heavy (non-hydrogen) atoms. The molecule has 0 aliphatic heterocycles. The summed E-state index contributed by atoms with van der Waals surface area (Å²) in [4.78, 5) is 0. The summed E-state index contributed by atoms with van der Waals surface area (Å²) in [6.07, 6.45) is -4.67. The third-order valence-electron chi connectivity index (χ3n) is 2.72. The lowest BCUT2D eigenvalue weighted by molar-refractivity contribution is -0.136. The van der Waals surface area contributed by atoms with Gasteiger partial charge in [0.25, 0.3) is 0 Å². The van der Waals surface area contributed by atoms with Gasteiger partial charge in [0.15, 0.2) is 0 Å². The van der Waals surface area contributed by atoms with Crippen LogP contribution in [0.3, 0.4) is 0 Å². The molecule has 0 heterocycles. The third-order valence-corrected chi connectivity index (χ3v) is 2.72. The molecule has 5 heteroatoms. The highest BCUT2D eigenvalue weighted by Gasteiger charge is 2.27. The van der Waals surface area contributed by atoms with Crippen molar-refractivity contribution in [2.75, 3.05) is 7.11 Å². The van der Waals surface area contributed by atoms with Crippen molar-refractivity contribution in [3.8, 4) is 5.75 Å². The van der Waals surface area contributed by atoms with E-state index in [1.165, 1.54) is 7.11 Å². The van der Waals surface area contributed by atoms with Crippen molar-refractivity contribution in [1.29, 1.82) is 0 Å². The molecule has 0 amide bonds. The van der Waals surface area contributed by atoms with Crippen molar-refractivity contribution in [2.24, 2.45) is 5.73 Å². The summed E-state index contributed by atoms with van der Waals surface area (Å²) in [7, 11) is 1.54. The number of hydrogen-bond donors (Lipinski definition) is 1. The van der Waals surface area contributed by atoms with Gasteiger partial charge < -0.3 is 10.5 Å². The average molecular weight is 261 g/mol. The maximum Gasteiger partial charge on any atom is 0.389 e. The van der Waals surface area contributed by atoms with Gasteiger partial charge in [0.2, 0.25) is 0 Å². The summed E-state index contributed by atoms with van der Waals surface area (Å²) in [5.74, 6) is 0.669. The fraction of sp³-hybridized carbons (Fsp3) is 0.538. The Labute approximate surface area is 105 Å². The maximum absolute atomic E-state index is 12.1. The zero-order chi connectivity index (χ0) is 13.8. The molecule has 0 aliphatic carbocycles. The van der Waals surface area contributed by atoms with Gasteiger partial charge in [-0.1, -0.05) is 17.7 Å². The van der Waals surface area contributed by atoms with E-state index < -0.39 is 18.6 Å². The maximum atomic E-state index is 12.1. The molecule has 1 rings (SSSR count). The van der Waals surface area contributed by atoms with E-state index in [2.05, 4.69) is 0 Å². The number of hydrogen-bond acceptors (Lipinski definition) is 2. The highest BCUT2D eigenvalue weighted by Crippen LogP contribution is 2.25. The summed E-state index contributed by atoms with van der Waals surface area (Å²) in [5.41, 5.74) is 7.62. The van der Waals surface area contributed by atoms with Gasteiger partial charge >= 0.3 is 6.18 Å². The van der Waals surface area contributed by atoms with E-state index in [4.69, 9.17) is 10.5 Å². The largest absolute Gasteiger partial charge is 0.496 e. The molecule has 0 spiro atoms. The minimum Gasteiger partial charge on any atom is -0.496 e. The molecule has 1 unspecified atom stereocenters. The fourth-order valence-corrected chi connectivity index (χ4v) is 1.80. The molecular weight excluding hydrogens is 243 g/mol. The predicted molar refractivity (Wildman–Crippen MR) is 64.7 cm³/mol. The van der Waals surface area contributed by atoms with Gasteiger partial charge in [-0.3, -0.25) is 0 Å². The van der Waals surface area contributed by atoms with Crippen LogP contribution in [0, 0.1) is 6.92 Å². The smallest absolute Gasteiger partial charge is 0.389 e. The Morgan fingerprint density at radius 2 is 2.00 bits per heavy atom. The van der Waals surface area contributed by atoms with Crippen LogP contribution in [0.5, 0.6) is 5.75 Å². The first kappa shape index (κ1) is 14.8. The number of halogens is 3. The number of methoxy groups -OCH3 is 1. The Morgan fingerprint density at radius 3 is 2.56 bits per heavy atom. The first-order valence-corrected chi connectivity index (χ1v) is 5.77. The molecule has 102 valence electrons.